The highest BCUT2D eigenvalue weighted by molar-refractivity contribution is 5.98. The van der Waals surface area contributed by atoms with Crippen molar-refractivity contribution in [2.45, 2.75) is 26.3 Å². The van der Waals surface area contributed by atoms with Crippen molar-refractivity contribution in [3.8, 4) is 11.3 Å². The van der Waals surface area contributed by atoms with Crippen molar-refractivity contribution >= 4 is 28.3 Å². The molecular formula is C26H26N4O2. The van der Waals surface area contributed by atoms with Crippen molar-refractivity contribution in [3.63, 3.8) is 0 Å². The van der Waals surface area contributed by atoms with Crippen LogP contribution in [0.1, 0.15) is 19.4 Å². The number of hydrogen-bond acceptors (Lipinski definition) is 3. The molecule has 1 aromatic heterocycles. The summed E-state index contributed by atoms with van der Waals surface area (Å²) in [6, 6.07) is 22.7. The molecule has 0 aliphatic rings. The first kappa shape index (κ1) is 21.3. The molecular weight excluding hydrogens is 400 g/mol. The lowest BCUT2D eigenvalue weighted by Crippen LogP contribution is -2.47. The van der Waals surface area contributed by atoms with E-state index in [4.69, 9.17) is 0 Å². The first-order valence-corrected chi connectivity index (χ1v) is 10.7. The average Bonchev–Trinajstić information content (AvgIpc) is 3.32. The summed E-state index contributed by atoms with van der Waals surface area (Å²) in [7, 11) is 0. The van der Waals surface area contributed by atoms with Gasteiger partial charge in [0, 0.05) is 17.4 Å². The van der Waals surface area contributed by atoms with Gasteiger partial charge in [-0.2, -0.15) is 5.10 Å². The van der Waals surface area contributed by atoms with Gasteiger partial charge in [0.05, 0.1) is 12.1 Å². The number of H-pyrrole nitrogens is 1. The summed E-state index contributed by atoms with van der Waals surface area (Å²) >= 11 is 0. The number of aromatic nitrogens is 2. The van der Waals surface area contributed by atoms with Crippen LogP contribution in [0.25, 0.3) is 22.0 Å². The Bertz CT molecular complexity index is 1230. The molecule has 0 bridgehead atoms. The first-order valence-electron chi connectivity index (χ1n) is 10.7. The van der Waals surface area contributed by atoms with Gasteiger partial charge in [-0.3, -0.25) is 14.7 Å². The number of benzene rings is 3. The molecule has 1 unspecified atom stereocenters. The Morgan fingerprint density at radius 1 is 0.938 bits per heavy atom. The van der Waals surface area contributed by atoms with E-state index in [0.717, 1.165) is 27.6 Å². The normalized spacial score (nSPS) is 12.0. The second-order valence-electron chi connectivity index (χ2n) is 8.19. The number of carbonyl (C=O) groups is 2. The fraction of sp³-hybridized carbons (Fsp3) is 0.192. The molecule has 0 spiro atoms. The number of anilines is 1. The summed E-state index contributed by atoms with van der Waals surface area (Å²) in [6.45, 7) is 3.84. The van der Waals surface area contributed by atoms with Crippen LogP contribution >= 0.6 is 0 Å². The zero-order valence-corrected chi connectivity index (χ0v) is 18.1. The van der Waals surface area contributed by atoms with Crippen LogP contribution in [0.5, 0.6) is 0 Å². The summed E-state index contributed by atoms with van der Waals surface area (Å²) in [5, 5.41) is 14.9. The maximum Gasteiger partial charge on any atom is 0.247 e. The van der Waals surface area contributed by atoms with Crippen molar-refractivity contribution in [2.75, 3.05) is 5.32 Å². The van der Waals surface area contributed by atoms with Gasteiger partial charge < -0.3 is 10.6 Å². The Hall–Kier alpha value is -3.93. The van der Waals surface area contributed by atoms with Gasteiger partial charge in [0.2, 0.25) is 11.8 Å². The number of fused-ring (bicyclic) bond motifs is 1. The van der Waals surface area contributed by atoms with Crippen LogP contribution in [0.2, 0.25) is 0 Å². The molecule has 2 amide bonds. The van der Waals surface area contributed by atoms with E-state index in [1.807, 2.05) is 86.6 Å². The molecule has 0 saturated heterocycles. The van der Waals surface area contributed by atoms with E-state index >= 15 is 0 Å². The zero-order chi connectivity index (χ0) is 22.5. The molecule has 4 rings (SSSR count). The smallest absolute Gasteiger partial charge is 0.247 e. The molecule has 0 fully saturated rings. The zero-order valence-electron chi connectivity index (χ0n) is 18.1. The molecule has 6 nitrogen and oxygen atoms in total. The van der Waals surface area contributed by atoms with E-state index in [1.165, 1.54) is 0 Å². The summed E-state index contributed by atoms with van der Waals surface area (Å²) in [4.78, 5) is 25.7. The number of aromatic amines is 1. The lowest BCUT2D eigenvalue weighted by Gasteiger charge is -2.22. The largest absolute Gasteiger partial charge is 0.344 e. The summed E-state index contributed by atoms with van der Waals surface area (Å²) < 4.78 is 0. The summed E-state index contributed by atoms with van der Waals surface area (Å²) in [5.41, 5.74) is 3.36. The topological polar surface area (TPSA) is 86.9 Å². The summed E-state index contributed by atoms with van der Waals surface area (Å²) in [5.74, 6) is -0.486. The highest BCUT2D eigenvalue weighted by atomic mass is 16.2. The van der Waals surface area contributed by atoms with Crippen LogP contribution < -0.4 is 10.6 Å². The number of nitrogens with zero attached hydrogens (tertiary/aromatic N) is 1. The lowest BCUT2D eigenvalue weighted by atomic mass is 10.0. The van der Waals surface area contributed by atoms with Crippen molar-refractivity contribution in [1.29, 1.82) is 0 Å². The van der Waals surface area contributed by atoms with Crippen LogP contribution in [0.3, 0.4) is 0 Å². The predicted molar refractivity (Wildman–Crippen MR) is 127 cm³/mol. The minimum Gasteiger partial charge on any atom is -0.344 e. The lowest BCUT2D eigenvalue weighted by molar-refractivity contribution is -0.127. The average molecular weight is 427 g/mol. The highest BCUT2D eigenvalue weighted by Gasteiger charge is 2.24. The third-order valence-electron chi connectivity index (χ3n) is 5.39. The Kier molecular flexibility index (Phi) is 6.31. The molecule has 3 aromatic carbocycles. The predicted octanol–water partition coefficient (Wildman–Crippen LogP) is 4.55. The van der Waals surface area contributed by atoms with Crippen LogP contribution in [0.4, 0.5) is 5.69 Å². The first-order chi connectivity index (χ1) is 15.5. The molecule has 6 heteroatoms. The van der Waals surface area contributed by atoms with E-state index in [0.29, 0.717) is 5.69 Å². The maximum absolute atomic E-state index is 13.0. The minimum atomic E-state index is -0.640. The standard InChI is InChI=1S/C26H26N4O2/c1-17(2)25(26(32)28-22-9-5-8-21(16-22)23-12-13-27-30-23)29-24(31)15-18-10-11-19-6-3-4-7-20(19)14-18/h3-14,16-17,25H,15H2,1-2H3,(H,27,30)(H,28,32)(H,29,31). The van der Waals surface area contributed by atoms with Crippen molar-refractivity contribution in [3.05, 3.63) is 84.6 Å². The minimum absolute atomic E-state index is 0.0636. The Morgan fingerprint density at radius 3 is 2.50 bits per heavy atom. The third kappa shape index (κ3) is 5.03. The monoisotopic (exact) mass is 426 g/mol. The van der Waals surface area contributed by atoms with E-state index in [1.54, 1.807) is 6.20 Å². The Morgan fingerprint density at radius 2 is 1.75 bits per heavy atom. The number of rotatable bonds is 7. The number of hydrogen-bond donors (Lipinski definition) is 3. The second kappa shape index (κ2) is 9.47. The van der Waals surface area contributed by atoms with Crippen molar-refractivity contribution < 1.29 is 9.59 Å². The van der Waals surface area contributed by atoms with Gasteiger partial charge in [0.25, 0.3) is 0 Å². The molecule has 0 aliphatic carbocycles. The molecule has 1 heterocycles. The van der Waals surface area contributed by atoms with Crippen molar-refractivity contribution in [2.24, 2.45) is 5.92 Å². The second-order valence-corrected chi connectivity index (χ2v) is 8.19. The molecule has 1 atom stereocenters. The summed E-state index contributed by atoms with van der Waals surface area (Å²) in [6.07, 6.45) is 1.90. The van der Waals surface area contributed by atoms with Gasteiger partial charge in [-0.05, 0) is 40.5 Å². The quantitative estimate of drug-likeness (QED) is 0.405. The maximum atomic E-state index is 13.0. The van der Waals surface area contributed by atoms with Crippen LogP contribution in [-0.2, 0) is 16.0 Å². The molecule has 32 heavy (non-hydrogen) atoms. The fourth-order valence-electron chi connectivity index (χ4n) is 3.69. The number of nitrogens with one attached hydrogen (secondary N) is 3. The third-order valence-corrected chi connectivity index (χ3v) is 5.39. The van der Waals surface area contributed by atoms with Gasteiger partial charge in [0.15, 0.2) is 0 Å². The van der Waals surface area contributed by atoms with E-state index < -0.39 is 6.04 Å². The van der Waals surface area contributed by atoms with Gasteiger partial charge in [-0.25, -0.2) is 0 Å². The van der Waals surface area contributed by atoms with E-state index in [9.17, 15) is 9.59 Å². The van der Waals surface area contributed by atoms with Crippen LogP contribution in [0.15, 0.2) is 79.0 Å². The van der Waals surface area contributed by atoms with Gasteiger partial charge in [-0.1, -0.05) is 68.4 Å². The fourth-order valence-corrected chi connectivity index (χ4v) is 3.69. The van der Waals surface area contributed by atoms with Gasteiger partial charge in [-0.15, -0.1) is 0 Å². The number of carbonyl (C=O) groups excluding carboxylic acids is 2. The number of amides is 2. The van der Waals surface area contributed by atoms with Gasteiger partial charge >= 0.3 is 0 Å². The van der Waals surface area contributed by atoms with Crippen molar-refractivity contribution in [1.82, 2.24) is 15.5 Å². The highest BCUT2D eigenvalue weighted by Crippen LogP contribution is 2.21. The molecule has 0 radical (unpaired) electrons. The SMILES string of the molecule is CC(C)C(NC(=O)Cc1ccc2ccccc2c1)C(=O)Nc1cccc(-c2ccn[nH]2)c1. The Labute approximate surface area is 187 Å². The van der Waals surface area contributed by atoms with Crippen LogP contribution in [0, 0.1) is 5.92 Å². The van der Waals surface area contributed by atoms with Crippen LogP contribution in [-0.4, -0.2) is 28.1 Å². The van der Waals surface area contributed by atoms with E-state index in [-0.39, 0.29) is 24.2 Å². The molecule has 3 N–H and O–H groups in total. The van der Waals surface area contributed by atoms with E-state index in [2.05, 4.69) is 20.8 Å². The molecule has 4 aromatic rings. The molecule has 162 valence electrons. The molecule has 0 saturated carbocycles. The Balaban J connectivity index is 1.43. The molecule has 0 aliphatic heterocycles. The van der Waals surface area contributed by atoms with Gasteiger partial charge in [0.1, 0.15) is 6.04 Å².